The van der Waals surface area contributed by atoms with Gasteiger partial charge in [-0.1, -0.05) is 6.07 Å². The summed E-state index contributed by atoms with van der Waals surface area (Å²) in [5.74, 6) is -1.94. The van der Waals surface area contributed by atoms with Crippen molar-refractivity contribution in [3.8, 4) is 0 Å². The minimum Gasteiger partial charge on any atom is -0.478 e. The second-order valence-corrected chi connectivity index (χ2v) is 4.47. The molecule has 1 aliphatic rings. The highest BCUT2D eigenvalue weighted by atomic mass is 19.1. The first-order valence-electron chi connectivity index (χ1n) is 5.94. The Hall–Kier alpha value is -1.46. The van der Waals surface area contributed by atoms with Crippen LogP contribution in [0.1, 0.15) is 29.3 Å². The second kappa shape index (κ2) is 5.46. The van der Waals surface area contributed by atoms with Crippen molar-refractivity contribution in [3.05, 3.63) is 35.1 Å². The van der Waals surface area contributed by atoms with Crippen LogP contribution in [0.2, 0.25) is 0 Å². The zero-order valence-electron chi connectivity index (χ0n) is 10.1. The number of hydrogen-bond acceptors (Lipinski definition) is 3. The lowest BCUT2D eigenvalue weighted by Crippen LogP contribution is -2.34. The normalized spacial score (nSPS) is 23.2. The molecule has 18 heavy (non-hydrogen) atoms. The molecule has 1 fully saturated rings. The predicted octanol–water partition coefficient (Wildman–Crippen LogP) is 1.79. The maximum Gasteiger partial charge on any atom is 0.338 e. The summed E-state index contributed by atoms with van der Waals surface area (Å²) < 4.78 is 18.9. The van der Waals surface area contributed by atoms with Gasteiger partial charge >= 0.3 is 5.97 Å². The number of ether oxygens (including phenoxy) is 1. The summed E-state index contributed by atoms with van der Waals surface area (Å²) in [6.45, 7) is 3.25. The van der Waals surface area contributed by atoms with E-state index < -0.39 is 11.8 Å². The van der Waals surface area contributed by atoms with E-state index in [1.165, 1.54) is 12.1 Å². The Morgan fingerprint density at radius 2 is 2.39 bits per heavy atom. The standard InChI is InChI=1S/C13H16FNO3/c1-8-12(4-5-18-8)15-7-9-2-3-10(13(16)17)11(14)6-9/h2-3,6,8,12,15H,4-5,7H2,1H3,(H,16,17). The lowest BCUT2D eigenvalue weighted by atomic mass is 10.1. The van der Waals surface area contributed by atoms with Gasteiger partial charge in [-0.05, 0) is 31.0 Å². The summed E-state index contributed by atoms with van der Waals surface area (Å²) in [5.41, 5.74) is 0.438. The van der Waals surface area contributed by atoms with Crippen molar-refractivity contribution >= 4 is 5.97 Å². The van der Waals surface area contributed by atoms with Gasteiger partial charge < -0.3 is 15.2 Å². The van der Waals surface area contributed by atoms with Crippen molar-refractivity contribution in [1.29, 1.82) is 0 Å². The Balaban J connectivity index is 1.98. The number of nitrogens with one attached hydrogen (secondary N) is 1. The molecule has 2 rings (SSSR count). The molecule has 0 spiro atoms. The highest BCUT2D eigenvalue weighted by molar-refractivity contribution is 5.87. The van der Waals surface area contributed by atoms with Crippen molar-refractivity contribution < 1.29 is 19.0 Å². The summed E-state index contributed by atoms with van der Waals surface area (Å²) in [7, 11) is 0. The van der Waals surface area contributed by atoms with Crippen LogP contribution in [-0.4, -0.2) is 29.8 Å². The lowest BCUT2D eigenvalue weighted by molar-refractivity contribution is 0.0692. The number of hydrogen-bond donors (Lipinski definition) is 2. The number of carboxylic acids is 1. The lowest BCUT2D eigenvalue weighted by Gasteiger charge is -2.16. The molecule has 2 atom stereocenters. The van der Waals surface area contributed by atoms with Crippen LogP contribution in [0.5, 0.6) is 0 Å². The van der Waals surface area contributed by atoms with Crippen LogP contribution in [0, 0.1) is 5.82 Å². The quantitative estimate of drug-likeness (QED) is 0.859. The molecular weight excluding hydrogens is 237 g/mol. The molecule has 0 bridgehead atoms. The van der Waals surface area contributed by atoms with Gasteiger partial charge in [0.15, 0.2) is 0 Å². The molecule has 1 aromatic carbocycles. The molecule has 5 heteroatoms. The summed E-state index contributed by atoms with van der Waals surface area (Å²) >= 11 is 0. The van der Waals surface area contributed by atoms with Gasteiger partial charge in [-0.15, -0.1) is 0 Å². The van der Waals surface area contributed by atoms with Crippen LogP contribution in [0.3, 0.4) is 0 Å². The first-order chi connectivity index (χ1) is 8.58. The molecule has 0 aliphatic carbocycles. The Kier molecular flexibility index (Phi) is 3.93. The van der Waals surface area contributed by atoms with E-state index in [1.807, 2.05) is 6.92 Å². The molecule has 0 amide bonds. The minimum atomic E-state index is -1.25. The zero-order valence-corrected chi connectivity index (χ0v) is 10.1. The molecule has 4 nitrogen and oxygen atoms in total. The van der Waals surface area contributed by atoms with Gasteiger partial charge in [-0.25, -0.2) is 9.18 Å². The van der Waals surface area contributed by atoms with E-state index in [-0.39, 0.29) is 17.7 Å². The van der Waals surface area contributed by atoms with Crippen molar-refractivity contribution in [2.45, 2.75) is 32.0 Å². The van der Waals surface area contributed by atoms with Crippen molar-refractivity contribution in [2.75, 3.05) is 6.61 Å². The first-order valence-corrected chi connectivity index (χ1v) is 5.94. The van der Waals surface area contributed by atoms with Crippen molar-refractivity contribution in [1.82, 2.24) is 5.32 Å². The van der Waals surface area contributed by atoms with Gasteiger partial charge in [-0.2, -0.15) is 0 Å². The molecule has 0 aromatic heterocycles. The average Bonchev–Trinajstić information content (AvgIpc) is 2.72. The third kappa shape index (κ3) is 2.86. The number of carboxylic acid groups (broad SMARTS) is 1. The Morgan fingerprint density at radius 3 is 2.94 bits per heavy atom. The highest BCUT2D eigenvalue weighted by Crippen LogP contribution is 2.15. The van der Waals surface area contributed by atoms with E-state index >= 15 is 0 Å². The Labute approximate surface area is 105 Å². The number of halogens is 1. The summed E-state index contributed by atoms with van der Waals surface area (Å²) in [5, 5.41) is 12.0. The number of benzene rings is 1. The number of rotatable bonds is 4. The Morgan fingerprint density at radius 1 is 1.61 bits per heavy atom. The van der Waals surface area contributed by atoms with E-state index in [1.54, 1.807) is 6.07 Å². The van der Waals surface area contributed by atoms with Crippen LogP contribution in [-0.2, 0) is 11.3 Å². The zero-order chi connectivity index (χ0) is 13.1. The van der Waals surface area contributed by atoms with Gasteiger partial charge in [-0.3, -0.25) is 0 Å². The van der Waals surface area contributed by atoms with Crippen molar-refractivity contribution in [3.63, 3.8) is 0 Å². The van der Waals surface area contributed by atoms with E-state index in [0.29, 0.717) is 6.54 Å². The molecule has 1 heterocycles. The Bertz CT molecular complexity index is 450. The van der Waals surface area contributed by atoms with E-state index in [2.05, 4.69) is 5.32 Å². The fourth-order valence-electron chi connectivity index (χ4n) is 2.09. The molecule has 2 unspecified atom stereocenters. The fraction of sp³-hybridized carbons (Fsp3) is 0.462. The van der Waals surface area contributed by atoms with E-state index in [9.17, 15) is 9.18 Å². The smallest absolute Gasteiger partial charge is 0.338 e. The van der Waals surface area contributed by atoms with Crippen molar-refractivity contribution in [2.24, 2.45) is 0 Å². The third-order valence-corrected chi connectivity index (χ3v) is 3.21. The summed E-state index contributed by atoms with van der Waals surface area (Å²) in [4.78, 5) is 10.7. The molecule has 98 valence electrons. The minimum absolute atomic E-state index is 0.160. The summed E-state index contributed by atoms with van der Waals surface area (Å²) in [6, 6.07) is 4.45. The molecule has 0 radical (unpaired) electrons. The highest BCUT2D eigenvalue weighted by Gasteiger charge is 2.23. The first kappa shape index (κ1) is 13.0. The maximum atomic E-state index is 13.4. The fourth-order valence-corrected chi connectivity index (χ4v) is 2.09. The van der Waals surface area contributed by atoms with Gasteiger partial charge in [0, 0.05) is 19.2 Å². The van der Waals surface area contributed by atoms with Crippen LogP contribution in [0.4, 0.5) is 4.39 Å². The number of carbonyl (C=O) groups is 1. The van der Waals surface area contributed by atoms with Crippen LogP contribution >= 0.6 is 0 Å². The molecule has 1 aliphatic heterocycles. The van der Waals surface area contributed by atoms with E-state index in [4.69, 9.17) is 9.84 Å². The number of aromatic carboxylic acids is 1. The largest absolute Gasteiger partial charge is 0.478 e. The molecule has 1 aromatic rings. The van der Waals surface area contributed by atoms with Gasteiger partial charge in [0.2, 0.25) is 0 Å². The SMILES string of the molecule is CC1OCCC1NCc1ccc(C(=O)O)c(F)c1. The third-order valence-electron chi connectivity index (χ3n) is 3.21. The topological polar surface area (TPSA) is 58.6 Å². The van der Waals surface area contributed by atoms with Crippen LogP contribution < -0.4 is 5.32 Å². The molecule has 0 saturated carbocycles. The maximum absolute atomic E-state index is 13.4. The van der Waals surface area contributed by atoms with Gasteiger partial charge in [0.25, 0.3) is 0 Å². The average molecular weight is 253 g/mol. The molecule has 1 saturated heterocycles. The monoisotopic (exact) mass is 253 g/mol. The summed E-state index contributed by atoms with van der Waals surface area (Å²) in [6.07, 6.45) is 1.10. The van der Waals surface area contributed by atoms with Gasteiger partial charge in [0.05, 0.1) is 11.7 Å². The second-order valence-electron chi connectivity index (χ2n) is 4.47. The predicted molar refractivity (Wildman–Crippen MR) is 64.0 cm³/mol. The van der Waals surface area contributed by atoms with Crippen LogP contribution in [0.25, 0.3) is 0 Å². The molecular formula is C13H16FNO3. The van der Waals surface area contributed by atoms with Gasteiger partial charge in [0.1, 0.15) is 5.82 Å². The molecule has 2 N–H and O–H groups in total. The van der Waals surface area contributed by atoms with Crippen LogP contribution in [0.15, 0.2) is 18.2 Å². The van der Waals surface area contributed by atoms with E-state index in [0.717, 1.165) is 18.6 Å².